The van der Waals surface area contributed by atoms with Crippen LogP contribution in [0.1, 0.15) is 30.3 Å². The van der Waals surface area contributed by atoms with Gasteiger partial charge in [0.15, 0.2) is 0 Å². The number of allylic oxidation sites excluding steroid dienone is 1. The lowest BCUT2D eigenvalue weighted by Gasteiger charge is -2.40. The highest BCUT2D eigenvalue weighted by Gasteiger charge is 2.39. The van der Waals surface area contributed by atoms with Gasteiger partial charge in [0.25, 0.3) is 0 Å². The maximum atomic E-state index is 11.2. The van der Waals surface area contributed by atoms with Crippen molar-refractivity contribution in [3.05, 3.63) is 78.3 Å². The third-order valence-corrected chi connectivity index (χ3v) is 6.78. The molecule has 1 aliphatic carbocycles. The van der Waals surface area contributed by atoms with E-state index in [4.69, 9.17) is 4.98 Å². The zero-order valence-corrected chi connectivity index (χ0v) is 19.3. The number of piperazine rings is 1. The molecular formula is C26H34N6O. The van der Waals surface area contributed by atoms with Gasteiger partial charge in [-0.15, -0.1) is 6.58 Å². The number of hydrogen-bond donors (Lipinski definition) is 4. The van der Waals surface area contributed by atoms with Crippen LogP contribution in [0.4, 0.5) is 11.4 Å². The molecule has 2 aliphatic heterocycles. The molecule has 33 heavy (non-hydrogen) atoms. The molecule has 1 saturated heterocycles. The smallest absolute Gasteiger partial charge is 0.115 e. The SMILES string of the molecule is C=CCc1ccc2c(n1)C(C)(O)CC(N1C=CC(Nc3ccc(N4CCNCC4)cc3)N1)C2. The summed E-state index contributed by atoms with van der Waals surface area (Å²) in [4.78, 5) is 7.15. The van der Waals surface area contributed by atoms with E-state index in [0.717, 1.165) is 55.2 Å². The molecule has 0 spiro atoms. The van der Waals surface area contributed by atoms with Crippen LogP contribution in [-0.4, -0.2) is 53.5 Å². The van der Waals surface area contributed by atoms with Crippen LogP contribution in [0.2, 0.25) is 0 Å². The van der Waals surface area contributed by atoms with Crippen LogP contribution >= 0.6 is 0 Å². The van der Waals surface area contributed by atoms with E-state index in [1.165, 1.54) is 5.69 Å². The van der Waals surface area contributed by atoms with Gasteiger partial charge in [0.1, 0.15) is 11.8 Å². The largest absolute Gasteiger partial charge is 0.384 e. The number of nitrogens with one attached hydrogen (secondary N) is 3. The van der Waals surface area contributed by atoms with Crippen molar-refractivity contribution in [2.75, 3.05) is 36.4 Å². The Kier molecular flexibility index (Phi) is 6.10. The summed E-state index contributed by atoms with van der Waals surface area (Å²) >= 11 is 0. The first-order valence-corrected chi connectivity index (χ1v) is 11.9. The second-order valence-corrected chi connectivity index (χ2v) is 9.42. The molecule has 7 heteroatoms. The van der Waals surface area contributed by atoms with Crippen molar-refractivity contribution in [3.8, 4) is 0 Å². The fraction of sp³-hybridized carbons (Fsp3) is 0.423. The summed E-state index contributed by atoms with van der Waals surface area (Å²) in [6, 6.07) is 13.0. The van der Waals surface area contributed by atoms with E-state index in [-0.39, 0.29) is 12.2 Å². The summed E-state index contributed by atoms with van der Waals surface area (Å²) in [5, 5.41) is 20.3. The Morgan fingerprint density at radius 2 is 2.00 bits per heavy atom. The number of aromatic nitrogens is 1. The molecule has 3 atom stereocenters. The van der Waals surface area contributed by atoms with Crippen molar-refractivity contribution < 1.29 is 5.11 Å². The van der Waals surface area contributed by atoms with Gasteiger partial charge >= 0.3 is 0 Å². The summed E-state index contributed by atoms with van der Waals surface area (Å²) < 4.78 is 0. The second kappa shape index (κ2) is 9.17. The Labute approximate surface area is 196 Å². The highest BCUT2D eigenvalue weighted by Crippen LogP contribution is 2.36. The molecule has 3 aliphatic rings. The molecule has 174 valence electrons. The van der Waals surface area contributed by atoms with E-state index in [1.807, 2.05) is 19.1 Å². The van der Waals surface area contributed by atoms with Gasteiger partial charge in [-0.05, 0) is 55.3 Å². The molecular weight excluding hydrogens is 412 g/mol. The maximum absolute atomic E-state index is 11.2. The fourth-order valence-corrected chi connectivity index (χ4v) is 5.10. The number of pyridine rings is 1. The lowest BCUT2D eigenvalue weighted by atomic mass is 9.80. The van der Waals surface area contributed by atoms with Crippen LogP contribution < -0.4 is 21.0 Å². The number of nitrogens with zero attached hydrogens (tertiary/aromatic N) is 3. The minimum Gasteiger partial charge on any atom is -0.384 e. The molecule has 0 bridgehead atoms. The van der Waals surface area contributed by atoms with Gasteiger partial charge in [0.05, 0.1) is 11.7 Å². The summed E-state index contributed by atoms with van der Waals surface area (Å²) in [6.45, 7) is 9.85. The molecule has 0 radical (unpaired) electrons. The third-order valence-electron chi connectivity index (χ3n) is 6.78. The van der Waals surface area contributed by atoms with Gasteiger partial charge in [0.2, 0.25) is 0 Å². The first-order valence-electron chi connectivity index (χ1n) is 11.9. The van der Waals surface area contributed by atoms with Crippen LogP contribution in [0.3, 0.4) is 0 Å². The molecule has 1 aromatic heterocycles. The predicted octanol–water partition coefficient (Wildman–Crippen LogP) is 2.51. The van der Waals surface area contributed by atoms with E-state index < -0.39 is 5.60 Å². The lowest BCUT2D eigenvalue weighted by molar-refractivity contribution is 0.000463. The van der Waals surface area contributed by atoms with Crippen molar-refractivity contribution in [2.24, 2.45) is 0 Å². The number of anilines is 2. The van der Waals surface area contributed by atoms with Crippen molar-refractivity contribution in [1.29, 1.82) is 0 Å². The molecule has 0 amide bonds. The quantitative estimate of drug-likeness (QED) is 0.508. The molecule has 4 N–H and O–H groups in total. The van der Waals surface area contributed by atoms with E-state index in [9.17, 15) is 5.11 Å². The first kappa shape index (κ1) is 21.9. The minimum atomic E-state index is -0.962. The van der Waals surface area contributed by atoms with Gasteiger partial charge in [0, 0.05) is 62.3 Å². The molecule has 5 rings (SSSR count). The van der Waals surface area contributed by atoms with Crippen molar-refractivity contribution in [1.82, 2.24) is 20.7 Å². The summed E-state index contributed by atoms with van der Waals surface area (Å²) in [5.74, 6) is 0. The Morgan fingerprint density at radius 3 is 2.76 bits per heavy atom. The van der Waals surface area contributed by atoms with Crippen molar-refractivity contribution in [2.45, 2.75) is 44.0 Å². The van der Waals surface area contributed by atoms with E-state index in [0.29, 0.717) is 12.8 Å². The maximum Gasteiger partial charge on any atom is 0.115 e. The van der Waals surface area contributed by atoms with Gasteiger partial charge < -0.3 is 25.6 Å². The summed E-state index contributed by atoms with van der Waals surface area (Å²) in [6.07, 6.45) is 8.24. The summed E-state index contributed by atoms with van der Waals surface area (Å²) in [5.41, 5.74) is 7.79. The zero-order chi connectivity index (χ0) is 22.8. The molecule has 3 unspecified atom stereocenters. The third kappa shape index (κ3) is 4.76. The van der Waals surface area contributed by atoms with Crippen molar-refractivity contribution in [3.63, 3.8) is 0 Å². The predicted molar refractivity (Wildman–Crippen MR) is 133 cm³/mol. The Balaban J connectivity index is 1.21. The minimum absolute atomic E-state index is 0.00877. The number of fused-ring (bicyclic) bond motifs is 1. The number of hydrogen-bond acceptors (Lipinski definition) is 7. The average Bonchev–Trinajstić information content (AvgIpc) is 3.29. The van der Waals surface area contributed by atoms with E-state index in [2.05, 4.69) is 75.2 Å². The van der Waals surface area contributed by atoms with Crippen LogP contribution in [0.5, 0.6) is 0 Å². The summed E-state index contributed by atoms with van der Waals surface area (Å²) in [7, 11) is 0. The molecule has 3 heterocycles. The van der Waals surface area contributed by atoms with Crippen LogP contribution in [0.25, 0.3) is 0 Å². The topological polar surface area (TPSA) is 75.7 Å². The van der Waals surface area contributed by atoms with Gasteiger partial charge in [-0.3, -0.25) is 4.98 Å². The van der Waals surface area contributed by atoms with E-state index >= 15 is 0 Å². The number of rotatable bonds is 6. The number of hydrazine groups is 1. The van der Waals surface area contributed by atoms with Crippen LogP contribution in [0.15, 0.2) is 61.3 Å². The van der Waals surface area contributed by atoms with E-state index in [1.54, 1.807) is 0 Å². The average molecular weight is 447 g/mol. The Morgan fingerprint density at radius 1 is 1.21 bits per heavy atom. The zero-order valence-electron chi connectivity index (χ0n) is 19.3. The monoisotopic (exact) mass is 446 g/mol. The van der Waals surface area contributed by atoms with Crippen molar-refractivity contribution >= 4 is 11.4 Å². The first-order chi connectivity index (χ1) is 16.0. The molecule has 1 fully saturated rings. The molecule has 2 aromatic rings. The highest BCUT2D eigenvalue weighted by atomic mass is 16.3. The van der Waals surface area contributed by atoms with Gasteiger partial charge in [-0.2, -0.15) is 0 Å². The second-order valence-electron chi connectivity index (χ2n) is 9.42. The lowest BCUT2D eigenvalue weighted by Crippen LogP contribution is -2.50. The number of aliphatic hydroxyl groups is 1. The van der Waals surface area contributed by atoms with Crippen LogP contribution in [-0.2, 0) is 18.4 Å². The fourth-order valence-electron chi connectivity index (χ4n) is 5.10. The normalized spacial score (nSPS) is 26.8. The number of benzene rings is 1. The Hall–Kier alpha value is -2.87. The molecule has 1 aromatic carbocycles. The van der Waals surface area contributed by atoms with Gasteiger partial charge in [-0.1, -0.05) is 12.1 Å². The van der Waals surface area contributed by atoms with Gasteiger partial charge in [-0.25, -0.2) is 5.43 Å². The van der Waals surface area contributed by atoms with Crippen LogP contribution in [0, 0.1) is 0 Å². The Bertz CT molecular complexity index is 1010. The standard InChI is InChI=1S/C26H34N6O/c1-3-4-20-6-5-19-17-23(18-26(2,33)25(19)29-20)32-14-11-24(30-32)28-21-7-9-22(10-8-21)31-15-12-27-13-16-31/h3,5-11,14,23-24,27-28,30,33H,1,4,12-13,15-18H2,2H3. The highest BCUT2D eigenvalue weighted by molar-refractivity contribution is 5.56. The molecule has 7 nitrogen and oxygen atoms in total. The molecule has 0 saturated carbocycles.